The number of aryl methyl sites for hydroxylation is 1. The molecule has 2 aromatic heterocycles. The van der Waals surface area contributed by atoms with Crippen LogP contribution in [0.4, 0.5) is 15.8 Å². The minimum absolute atomic E-state index is 0.0905. The lowest BCUT2D eigenvalue weighted by atomic mass is 10.0. The Hall–Kier alpha value is -4.07. The van der Waals surface area contributed by atoms with Gasteiger partial charge in [0.05, 0.1) is 22.3 Å². The van der Waals surface area contributed by atoms with Gasteiger partial charge < -0.3 is 14.7 Å². The Balaban J connectivity index is 1.69. The summed E-state index contributed by atoms with van der Waals surface area (Å²) < 4.78 is 18.6. The molecule has 0 aliphatic carbocycles. The highest BCUT2D eigenvalue weighted by Gasteiger charge is 2.20. The van der Waals surface area contributed by atoms with Crippen molar-refractivity contribution in [3.05, 3.63) is 71.7 Å². The summed E-state index contributed by atoms with van der Waals surface area (Å²) in [5, 5.41) is 7.29. The van der Waals surface area contributed by atoms with Crippen LogP contribution in [0.3, 0.4) is 0 Å². The second kappa shape index (κ2) is 7.98. The number of rotatable bonds is 4. The van der Waals surface area contributed by atoms with Crippen molar-refractivity contribution in [1.29, 1.82) is 0 Å². The van der Waals surface area contributed by atoms with Crippen LogP contribution in [-0.2, 0) is 4.79 Å². The number of fused-ring (bicyclic) bond motifs is 1. The summed E-state index contributed by atoms with van der Waals surface area (Å²) in [7, 11) is 1.68. The topological polar surface area (TPSA) is 88.3 Å². The van der Waals surface area contributed by atoms with Crippen LogP contribution in [0.5, 0.6) is 0 Å². The van der Waals surface area contributed by atoms with Crippen molar-refractivity contribution in [2.24, 2.45) is 0 Å². The van der Waals surface area contributed by atoms with Crippen LogP contribution in [0.1, 0.15) is 23.0 Å². The summed E-state index contributed by atoms with van der Waals surface area (Å²) in [4.78, 5) is 30.5. The number of anilines is 2. The third kappa shape index (κ3) is 4.00. The largest absolute Gasteiger partial charge is 0.335 e. The van der Waals surface area contributed by atoms with E-state index in [-0.39, 0.29) is 23.3 Å². The number of benzene rings is 2. The van der Waals surface area contributed by atoms with Gasteiger partial charge in [-0.05, 0) is 61.5 Å². The van der Waals surface area contributed by atoms with Gasteiger partial charge in [0.1, 0.15) is 5.82 Å². The lowest BCUT2D eigenvalue weighted by Crippen LogP contribution is -2.22. The number of aromatic nitrogens is 2. The second-order valence-electron chi connectivity index (χ2n) is 7.09. The average molecular weight is 418 g/mol. The van der Waals surface area contributed by atoms with E-state index in [0.29, 0.717) is 39.3 Å². The normalized spacial score (nSPS) is 10.8. The van der Waals surface area contributed by atoms with Crippen LogP contribution in [0, 0.1) is 12.7 Å². The molecule has 4 rings (SSSR count). The highest BCUT2D eigenvalue weighted by Crippen LogP contribution is 2.28. The summed E-state index contributed by atoms with van der Waals surface area (Å²) in [6, 6.07) is 14.4. The SMILES string of the molecule is CC(=O)N(C)c1ccc(NC(=O)c2cc(-c3ccc(F)cc3)nc3onc(C)c23)cc1. The van der Waals surface area contributed by atoms with Gasteiger partial charge >= 0.3 is 0 Å². The van der Waals surface area contributed by atoms with Crippen LogP contribution in [0.15, 0.2) is 59.1 Å². The Kier molecular flexibility index (Phi) is 5.21. The maximum Gasteiger partial charge on any atom is 0.259 e. The summed E-state index contributed by atoms with van der Waals surface area (Å²) in [6.45, 7) is 3.21. The van der Waals surface area contributed by atoms with E-state index < -0.39 is 0 Å². The Morgan fingerprint density at radius 1 is 1.06 bits per heavy atom. The molecule has 0 spiro atoms. The van der Waals surface area contributed by atoms with E-state index in [4.69, 9.17) is 4.52 Å². The van der Waals surface area contributed by atoms with E-state index in [9.17, 15) is 14.0 Å². The molecule has 0 saturated carbocycles. The van der Waals surface area contributed by atoms with Crippen molar-refractivity contribution in [2.75, 3.05) is 17.3 Å². The fraction of sp³-hybridized carbons (Fsp3) is 0.130. The first-order chi connectivity index (χ1) is 14.8. The summed E-state index contributed by atoms with van der Waals surface area (Å²) in [6.07, 6.45) is 0. The van der Waals surface area contributed by atoms with Gasteiger partial charge in [-0.15, -0.1) is 0 Å². The predicted octanol–water partition coefficient (Wildman–Crippen LogP) is 4.57. The van der Waals surface area contributed by atoms with Crippen molar-refractivity contribution < 1.29 is 18.5 Å². The van der Waals surface area contributed by atoms with Gasteiger partial charge in [-0.2, -0.15) is 0 Å². The molecule has 0 unspecified atom stereocenters. The Labute approximate surface area is 177 Å². The molecule has 0 radical (unpaired) electrons. The molecule has 2 heterocycles. The quantitative estimate of drug-likeness (QED) is 0.524. The number of hydrogen-bond acceptors (Lipinski definition) is 5. The number of halogens is 1. The van der Waals surface area contributed by atoms with Crippen LogP contribution in [0.2, 0.25) is 0 Å². The molecule has 4 aromatic rings. The van der Waals surface area contributed by atoms with E-state index in [0.717, 1.165) is 0 Å². The minimum Gasteiger partial charge on any atom is -0.335 e. The zero-order chi connectivity index (χ0) is 22.1. The first-order valence-electron chi connectivity index (χ1n) is 9.52. The number of pyridine rings is 1. The van der Waals surface area contributed by atoms with E-state index in [1.807, 2.05) is 0 Å². The Morgan fingerprint density at radius 3 is 2.39 bits per heavy atom. The van der Waals surface area contributed by atoms with Crippen LogP contribution in [-0.4, -0.2) is 29.0 Å². The molecule has 0 atom stereocenters. The first-order valence-corrected chi connectivity index (χ1v) is 9.52. The molecule has 0 bridgehead atoms. The average Bonchev–Trinajstić information content (AvgIpc) is 3.14. The van der Waals surface area contributed by atoms with Gasteiger partial charge in [0.2, 0.25) is 5.91 Å². The lowest BCUT2D eigenvalue weighted by Gasteiger charge is -2.15. The van der Waals surface area contributed by atoms with E-state index >= 15 is 0 Å². The third-order valence-electron chi connectivity index (χ3n) is 4.99. The van der Waals surface area contributed by atoms with E-state index in [2.05, 4.69) is 15.5 Å². The molecule has 2 aromatic carbocycles. The second-order valence-corrected chi connectivity index (χ2v) is 7.09. The monoisotopic (exact) mass is 418 g/mol. The minimum atomic E-state index is -0.366. The third-order valence-corrected chi connectivity index (χ3v) is 4.99. The molecular formula is C23H19FN4O3. The molecule has 2 amide bonds. The van der Waals surface area contributed by atoms with Crippen molar-refractivity contribution >= 4 is 34.3 Å². The predicted molar refractivity (Wildman–Crippen MR) is 115 cm³/mol. The molecule has 0 aliphatic heterocycles. The number of carbonyl (C=O) groups is 2. The number of nitrogens with one attached hydrogen (secondary N) is 1. The van der Waals surface area contributed by atoms with Gasteiger partial charge in [-0.3, -0.25) is 9.59 Å². The van der Waals surface area contributed by atoms with Crippen molar-refractivity contribution in [2.45, 2.75) is 13.8 Å². The fourth-order valence-electron chi connectivity index (χ4n) is 3.19. The van der Waals surface area contributed by atoms with Gasteiger partial charge in [-0.25, -0.2) is 9.37 Å². The number of nitrogens with zero attached hydrogens (tertiary/aromatic N) is 3. The molecule has 8 heteroatoms. The van der Waals surface area contributed by atoms with Crippen LogP contribution >= 0.6 is 0 Å². The number of carbonyl (C=O) groups excluding carboxylic acids is 2. The number of amides is 2. The first kappa shape index (κ1) is 20.2. The Bertz CT molecular complexity index is 1280. The molecule has 0 fully saturated rings. The molecular weight excluding hydrogens is 399 g/mol. The van der Waals surface area contributed by atoms with Crippen molar-refractivity contribution in [3.63, 3.8) is 0 Å². The fourth-order valence-corrected chi connectivity index (χ4v) is 3.19. The van der Waals surface area contributed by atoms with Gasteiger partial charge in [0.15, 0.2) is 0 Å². The zero-order valence-corrected chi connectivity index (χ0v) is 17.1. The summed E-state index contributed by atoms with van der Waals surface area (Å²) in [5.74, 6) is -0.820. The highest BCUT2D eigenvalue weighted by atomic mass is 19.1. The van der Waals surface area contributed by atoms with Crippen LogP contribution in [0.25, 0.3) is 22.4 Å². The maximum atomic E-state index is 13.3. The molecule has 31 heavy (non-hydrogen) atoms. The van der Waals surface area contributed by atoms with Crippen LogP contribution < -0.4 is 10.2 Å². The van der Waals surface area contributed by atoms with E-state index in [1.165, 1.54) is 24.0 Å². The zero-order valence-electron chi connectivity index (χ0n) is 17.1. The summed E-state index contributed by atoms with van der Waals surface area (Å²) in [5.41, 5.74) is 3.49. The smallest absolute Gasteiger partial charge is 0.259 e. The molecule has 156 valence electrons. The summed E-state index contributed by atoms with van der Waals surface area (Å²) >= 11 is 0. The molecule has 7 nitrogen and oxygen atoms in total. The highest BCUT2D eigenvalue weighted by molar-refractivity contribution is 6.13. The Morgan fingerprint density at radius 2 is 1.74 bits per heavy atom. The lowest BCUT2D eigenvalue weighted by molar-refractivity contribution is -0.116. The van der Waals surface area contributed by atoms with Crippen molar-refractivity contribution in [3.8, 4) is 11.3 Å². The molecule has 0 saturated heterocycles. The molecule has 0 aliphatic rings. The van der Waals surface area contributed by atoms with E-state index in [1.54, 1.807) is 56.4 Å². The number of hydrogen-bond donors (Lipinski definition) is 1. The van der Waals surface area contributed by atoms with Gasteiger partial charge in [0, 0.05) is 30.9 Å². The standard InChI is InChI=1S/C23H19FN4O3/c1-13-21-19(22(30)25-17-8-10-18(11-9-17)28(3)14(2)29)12-20(26-23(21)31-27-13)15-4-6-16(24)7-5-15/h4-12H,1-3H3,(H,25,30). The van der Waals surface area contributed by atoms with Gasteiger partial charge in [0.25, 0.3) is 11.6 Å². The van der Waals surface area contributed by atoms with Gasteiger partial charge in [-0.1, -0.05) is 5.16 Å². The van der Waals surface area contributed by atoms with Crippen molar-refractivity contribution in [1.82, 2.24) is 10.1 Å². The maximum absolute atomic E-state index is 13.3. The molecule has 1 N–H and O–H groups in total.